The maximum Gasteiger partial charge on any atom is 0.416 e. The van der Waals surface area contributed by atoms with Gasteiger partial charge < -0.3 is 5.11 Å². The molecule has 1 N–H and O–H groups in total. The molecule has 0 amide bonds. The predicted octanol–water partition coefficient (Wildman–Crippen LogP) is 3.71. The maximum atomic E-state index is 12.5. The van der Waals surface area contributed by atoms with Gasteiger partial charge in [-0.2, -0.15) is 13.2 Å². The summed E-state index contributed by atoms with van der Waals surface area (Å²) in [6.07, 6.45) is -3.58. The summed E-state index contributed by atoms with van der Waals surface area (Å²) in [6.45, 7) is 3.51. The highest BCUT2D eigenvalue weighted by Gasteiger charge is 2.33. The fourth-order valence-electron chi connectivity index (χ4n) is 1.64. The average Bonchev–Trinajstić information content (AvgIpc) is 2.27. The molecule has 0 atom stereocenters. The van der Waals surface area contributed by atoms with E-state index in [-0.39, 0.29) is 0 Å². The van der Waals surface area contributed by atoms with E-state index in [9.17, 15) is 18.3 Å². The molecule has 0 unspecified atom stereocenters. The highest BCUT2D eigenvalue weighted by molar-refractivity contribution is 5.29. The lowest BCUT2D eigenvalue weighted by molar-refractivity contribution is -0.137. The van der Waals surface area contributed by atoms with Crippen LogP contribution in [0.5, 0.6) is 0 Å². The van der Waals surface area contributed by atoms with Crippen LogP contribution in [-0.4, -0.2) is 5.11 Å². The van der Waals surface area contributed by atoms with E-state index in [0.717, 1.165) is 12.1 Å². The van der Waals surface area contributed by atoms with Crippen molar-refractivity contribution in [3.05, 3.63) is 35.4 Å². The van der Waals surface area contributed by atoms with E-state index in [2.05, 4.69) is 0 Å². The molecule has 0 aliphatic heterocycles. The topological polar surface area (TPSA) is 20.2 Å². The first-order valence-corrected chi connectivity index (χ1v) is 5.23. The lowest BCUT2D eigenvalue weighted by atomic mass is 9.88. The van der Waals surface area contributed by atoms with Crippen molar-refractivity contribution in [3.8, 4) is 0 Å². The molecular formula is C12H15F3O. The first kappa shape index (κ1) is 13.0. The van der Waals surface area contributed by atoms with E-state index in [1.807, 2.05) is 0 Å². The van der Waals surface area contributed by atoms with Crippen molar-refractivity contribution < 1.29 is 18.3 Å². The molecule has 0 saturated carbocycles. The molecule has 0 fully saturated rings. The normalized spacial score (nSPS) is 12.9. The molecule has 0 aliphatic rings. The summed E-state index contributed by atoms with van der Waals surface area (Å²) in [5, 5.41) is 10.1. The van der Waals surface area contributed by atoms with Crippen molar-refractivity contribution in [1.82, 2.24) is 0 Å². The zero-order valence-corrected chi connectivity index (χ0v) is 9.30. The lowest BCUT2D eigenvalue weighted by Crippen LogP contribution is -2.24. The Morgan fingerprint density at radius 2 is 1.56 bits per heavy atom. The molecule has 0 aromatic heterocycles. The fourth-order valence-corrected chi connectivity index (χ4v) is 1.64. The molecule has 4 heteroatoms. The van der Waals surface area contributed by atoms with Crippen LogP contribution in [-0.2, 0) is 11.8 Å². The molecule has 90 valence electrons. The van der Waals surface area contributed by atoms with Crippen LogP contribution in [0.4, 0.5) is 13.2 Å². The summed E-state index contributed by atoms with van der Waals surface area (Å²) in [5.41, 5.74) is -1.56. The second-order valence-corrected chi connectivity index (χ2v) is 3.82. The van der Waals surface area contributed by atoms with Crippen LogP contribution >= 0.6 is 0 Å². The minimum absolute atomic E-state index is 0.326. The minimum atomic E-state index is -4.36. The number of hydrogen-bond donors (Lipinski definition) is 1. The van der Waals surface area contributed by atoms with Crippen molar-refractivity contribution in [2.45, 2.75) is 38.5 Å². The van der Waals surface area contributed by atoms with Crippen LogP contribution in [0.3, 0.4) is 0 Å². The number of hydrogen-bond acceptors (Lipinski definition) is 1. The quantitative estimate of drug-likeness (QED) is 0.842. The molecule has 1 rings (SSSR count). The third-order valence-corrected chi connectivity index (χ3v) is 2.90. The Balaban J connectivity index is 3.17. The van der Waals surface area contributed by atoms with Gasteiger partial charge in [-0.15, -0.1) is 0 Å². The molecule has 1 nitrogen and oxygen atoms in total. The van der Waals surface area contributed by atoms with Gasteiger partial charge in [0.15, 0.2) is 0 Å². The van der Waals surface area contributed by atoms with E-state index in [1.165, 1.54) is 12.1 Å². The van der Waals surface area contributed by atoms with Gasteiger partial charge in [0.1, 0.15) is 0 Å². The molecule has 0 bridgehead atoms. The summed E-state index contributed by atoms with van der Waals surface area (Å²) in [7, 11) is 0. The third kappa shape index (κ3) is 2.55. The van der Waals surface area contributed by atoms with E-state index < -0.39 is 17.3 Å². The Morgan fingerprint density at radius 1 is 1.06 bits per heavy atom. The van der Waals surface area contributed by atoms with Crippen LogP contribution in [0, 0.1) is 0 Å². The number of benzene rings is 1. The summed E-state index contributed by atoms with van der Waals surface area (Å²) in [5.74, 6) is 0. The number of halogens is 3. The van der Waals surface area contributed by atoms with Gasteiger partial charge in [0.2, 0.25) is 0 Å². The van der Waals surface area contributed by atoms with Crippen molar-refractivity contribution in [1.29, 1.82) is 0 Å². The molecule has 0 heterocycles. The Bertz CT molecular complexity index is 354. The molecule has 0 radical (unpaired) electrons. The number of aliphatic hydroxyl groups is 1. The summed E-state index contributed by atoms with van der Waals surface area (Å²) < 4.78 is 37.4. The van der Waals surface area contributed by atoms with Gasteiger partial charge in [0, 0.05) is 0 Å². The van der Waals surface area contributed by atoms with Crippen LogP contribution < -0.4 is 0 Å². The Labute approximate surface area is 92.9 Å². The van der Waals surface area contributed by atoms with Crippen LogP contribution in [0.2, 0.25) is 0 Å². The smallest absolute Gasteiger partial charge is 0.385 e. The molecule has 1 aromatic carbocycles. The van der Waals surface area contributed by atoms with Gasteiger partial charge in [-0.25, -0.2) is 0 Å². The van der Waals surface area contributed by atoms with Gasteiger partial charge in [-0.1, -0.05) is 26.0 Å². The number of alkyl halides is 3. The van der Waals surface area contributed by atoms with E-state index >= 15 is 0 Å². The standard InChI is InChI=1S/C12H15F3O/c1-3-11(16,4-2)9-6-5-7-10(8-9)12(13,14)15/h5-8,16H,3-4H2,1-2H3. The highest BCUT2D eigenvalue weighted by atomic mass is 19.4. The number of rotatable bonds is 3. The van der Waals surface area contributed by atoms with Crippen molar-refractivity contribution in [2.24, 2.45) is 0 Å². The summed E-state index contributed by atoms with van der Waals surface area (Å²) in [4.78, 5) is 0. The van der Waals surface area contributed by atoms with E-state index in [1.54, 1.807) is 13.8 Å². The second kappa shape index (κ2) is 4.45. The van der Waals surface area contributed by atoms with Crippen molar-refractivity contribution in [3.63, 3.8) is 0 Å². The summed E-state index contributed by atoms with van der Waals surface area (Å²) >= 11 is 0. The predicted molar refractivity (Wildman–Crippen MR) is 55.9 cm³/mol. The van der Waals surface area contributed by atoms with Crippen molar-refractivity contribution >= 4 is 0 Å². The fraction of sp³-hybridized carbons (Fsp3) is 0.500. The van der Waals surface area contributed by atoms with Crippen LogP contribution in [0.1, 0.15) is 37.8 Å². The zero-order chi connectivity index (χ0) is 12.4. The second-order valence-electron chi connectivity index (χ2n) is 3.82. The molecule has 0 spiro atoms. The Hall–Kier alpha value is -1.03. The zero-order valence-electron chi connectivity index (χ0n) is 9.30. The van der Waals surface area contributed by atoms with Crippen LogP contribution in [0.25, 0.3) is 0 Å². The molecule has 1 aromatic rings. The van der Waals surface area contributed by atoms with Gasteiger partial charge >= 0.3 is 6.18 Å². The van der Waals surface area contributed by atoms with Gasteiger partial charge in [-0.05, 0) is 30.5 Å². The lowest BCUT2D eigenvalue weighted by Gasteiger charge is -2.26. The monoisotopic (exact) mass is 232 g/mol. The first-order valence-electron chi connectivity index (χ1n) is 5.23. The molecule has 0 aliphatic carbocycles. The first-order chi connectivity index (χ1) is 7.33. The minimum Gasteiger partial charge on any atom is -0.385 e. The van der Waals surface area contributed by atoms with Gasteiger partial charge in [-0.3, -0.25) is 0 Å². The van der Waals surface area contributed by atoms with E-state index in [0.29, 0.717) is 18.4 Å². The van der Waals surface area contributed by atoms with Gasteiger partial charge in [0.25, 0.3) is 0 Å². The third-order valence-electron chi connectivity index (χ3n) is 2.90. The molecule has 16 heavy (non-hydrogen) atoms. The largest absolute Gasteiger partial charge is 0.416 e. The molecular weight excluding hydrogens is 217 g/mol. The van der Waals surface area contributed by atoms with Gasteiger partial charge in [0.05, 0.1) is 11.2 Å². The van der Waals surface area contributed by atoms with E-state index in [4.69, 9.17) is 0 Å². The molecule has 0 saturated heterocycles. The summed E-state index contributed by atoms with van der Waals surface area (Å²) in [6, 6.07) is 4.89. The van der Waals surface area contributed by atoms with Crippen molar-refractivity contribution in [2.75, 3.05) is 0 Å². The Kier molecular flexibility index (Phi) is 3.63. The highest BCUT2D eigenvalue weighted by Crippen LogP contribution is 2.34. The Morgan fingerprint density at radius 3 is 2.00 bits per heavy atom. The SMILES string of the molecule is CCC(O)(CC)c1cccc(C(F)(F)F)c1. The maximum absolute atomic E-state index is 12.5. The van der Waals surface area contributed by atoms with Crippen LogP contribution in [0.15, 0.2) is 24.3 Å². The average molecular weight is 232 g/mol.